The zero-order chi connectivity index (χ0) is 19.9. The molecule has 150 valence electrons. The summed E-state index contributed by atoms with van der Waals surface area (Å²) in [5, 5.41) is 9.27. The predicted molar refractivity (Wildman–Crippen MR) is 114 cm³/mol. The molecule has 0 aromatic heterocycles. The summed E-state index contributed by atoms with van der Waals surface area (Å²) in [6.07, 6.45) is 4.32. The van der Waals surface area contributed by atoms with Crippen molar-refractivity contribution < 1.29 is 8.42 Å². The summed E-state index contributed by atoms with van der Waals surface area (Å²) < 4.78 is 24.1. The van der Waals surface area contributed by atoms with Gasteiger partial charge in [-0.05, 0) is 79.5 Å². The van der Waals surface area contributed by atoms with Crippen LogP contribution in [0.25, 0.3) is 0 Å². The molecule has 3 unspecified atom stereocenters. The second-order valence-electron chi connectivity index (χ2n) is 8.24. The van der Waals surface area contributed by atoms with Gasteiger partial charge >= 0.3 is 0 Å². The van der Waals surface area contributed by atoms with E-state index in [0.29, 0.717) is 18.4 Å². The first-order chi connectivity index (χ1) is 13.3. The van der Waals surface area contributed by atoms with Gasteiger partial charge in [-0.15, -0.1) is 0 Å². The van der Waals surface area contributed by atoms with Crippen LogP contribution in [0.1, 0.15) is 41.0 Å². The number of primary sulfonamides is 1. The van der Waals surface area contributed by atoms with Crippen LogP contribution >= 0.6 is 11.6 Å². The van der Waals surface area contributed by atoms with Crippen LogP contribution in [0.5, 0.6) is 0 Å². The first kappa shape index (κ1) is 19.9. The van der Waals surface area contributed by atoms with Crippen molar-refractivity contribution in [2.45, 2.75) is 49.3 Å². The molecule has 3 N–H and O–H groups in total. The van der Waals surface area contributed by atoms with Crippen molar-refractivity contribution >= 4 is 21.6 Å². The Hall–Kier alpha value is -1.40. The number of nitrogens with one attached hydrogen (secondary N) is 1. The van der Waals surface area contributed by atoms with Crippen LogP contribution in [-0.4, -0.2) is 26.8 Å². The molecule has 4 nitrogen and oxygen atoms in total. The van der Waals surface area contributed by atoms with Crippen molar-refractivity contribution in [2.75, 3.05) is 7.05 Å². The third-order valence-corrected chi connectivity index (χ3v) is 7.89. The van der Waals surface area contributed by atoms with Gasteiger partial charge in [0, 0.05) is 17.0 Å². The summed E-state index contributed by atoms with van der Waals surface area (Å²) in [5.74, 6) is 0.558. The number of sulfonamides is 1. The van der Waals surface area contributed by atoms with E-state index in [1.165, 1.54) is 16.7 Å². The molecule has 0 radical (unpaired) electrons. The largest absolute Gasteiger partial charge is 0.316 e. The van der Waals surface area contributed by atoms with Crippen LogP contribution < -0.4 is 10.5 Å². The van der Waals surface area contributed by atoms with E-state index < -0.39 is 15.3 Å². The number of likely N-dealkylation sites (N-methyl/N-ethyl adjacent to an activating group) is 1. The third kappa shape index (κ3) is 4.28. The smallest absolute Gasteiger partial charge is 0.212 e. The van der Waals surface area contributed by atoms with Crippen LogP contribution in [0.4, 0.5) is 0 Å². The topological polar surface area (TPSA) is 72.2 Å². The van der Waals surface area contributed by atoms with Gasteiger partial charge < -0.3 is 5.32 Å². The summed E-state index contributed by atoms with van der Waals surface area (Å²) >= 11 is 6.18. The van der Waals surface area contributed by atoms with Gasteiger partial charge in [0.15, 0.2) is 0 Å². The van der Waals surface area contributed by atoms with Crippen molar-refractivity contribution in [1.82, 2.24) is 5.32 Å². The second-order valence-corrected chi connectivity index (χ2v) is 10.5. The highest BCUT2D eigenvalue weighted by Crippen LogP contribution is 2.39. The summed E-state index contributed by atoms with van der Waals surface area (Å²) in [7, 11) is -1.52. The molecule has 4 rings (SSSR count). The Kier molecular flexibility index (Phi) is 5.53. The summed E-state index contributed by atoms with van der Waals surface area (Å²) in [4.78, 5) is 0. The fraction of sp³-hybridized carbons (Fsp3) is 0.455. The van der Waals surface area contributed by atoms with E-state index >= 15 is 0 Å². The molecule has 0 saturated heterocycles. The van der Waals surface area contributed by atoms with Crippen LogP contribution in [0.2, 0.25) is 5.02 Å². The van der Waals surface area contributed by atoms with E-state index in [2.05, 4.69) is 29.6 Å². The Morgan fingerprint density at radius 3 is 2.61 bits per heavy atom. The summed E-state index contributed by atoms with van der Waals surface area (Å²) in [6.45, 7) is 0. The number of nitrogens with two attached hydrogens (primary N) is 1. The van der Waals surface area contributed by atoms with Crippen molar-refractivity contribution in [3.05, 3.63) is 69.7 Å². The van der Waals surface area contributed by atoms with Crippen LogP contribution in [0.3, 0.4) is 0 Å². The van der Waals surface area contributed by atoms with E-state index in [1.54, 1.807) is 0 Å². The number of fused-ring (bicyclic) bond motifs is 1. The van der Waals surface area contributed by atoms with Gasteiger partial charge in [-0.3, -0.25) is 0 Å². The lowest BCUT2D eigenvalue weighted by molar-refractivity contribution is 0.491. The number of halogens is 1. The average molecular weight is 419 g/mol. The Morgan fingerprint density at radius 2 is 1.96 bits per heavy atom. The van der Waals surface area contributed by atoms with Crippen LogP contribution in [-0.2, 0) is 29.3 Å². The number of hydrogen-bond donors (Lipinski definition) is 2. The number of rotatable bonds is 7. The molecular formula is C22H27ClN2O2S. The average Bonchev–Trinajstić information content (AvgIpc) is 3.42. The third-order valence-electron chi connectivity index (χ3n) is 6.26. The molecule has 1 saturated carbocycles. The van der Waals surface area contributed by atoms with Gasteiger partial charge in [-0.25, -0.2) is 13.6 Å². The molecule has 2 aromatic rings. The van der Waals surface area contributed by atoms with Crippen molar-refractivity contribution in [2.24, 2.45) is 11.1 Å². The zero-order valence-electron chi connectivity index (χ0n) is 16.1. The molecule has 0 heterocycles. The minimum absolute atomic E-state index is 0.218. The van der Waals surface area contributed by atoms with E-state index in [-0.39, 0.29) is 5.92 Å². The molecule has 1 fully saturated rings. The predicted octanol–water partition coefficient (Wildman–Crippen LogP) is 3.42. The van der Waals surface area contributed by atoms with Crippen molar-refractivity contribution in [3.63, 3.8) is 0 Å². The normalized spacial score (nSPS) is 22.8. The SMILES string of the molecule is CNC1Cc2ccc(CC(C3CC3)S(N)(=O)=O)cc2C1Cc1cccc(Cl)c1. The van der Waals surface area contributed by atoms with Crippen molar-refractivity contribution in [1.29, 1.82) is 0 Å². The molecule has 3 atom stereocenters. The molecule has 6 heteroatoms. The van der Waals surface area contributed by atoms with E-state index in [0.717, 1.165) is 36.3 Å². The number of benzene rings is 2. The maximum Gasteiger partial charge on any atom is 0.212 e. The summed E-state index contributed by atoms with van der Waals surface area (Å²) in [5.41, 5.74) is 4.95. The van der Waals surface area contributed by atoms with Crippen LogP contribution in [0, 0.1) is 5.92 Å². The molecule has 0 bridgehead atoms. The number of hydrogen-bond acceptors (Lipinski definition) is 3. The van der Waals surface area contributed by atoms with Gasteiger partial charge in [0.2, 0.25) is 10.0 Å². The van der Waals surface area contributed by atoms with Gasteiger partial charge in [0.05, 0.1) is 5.25 Å². The highest BCUT2D eigenvalue weighted by Gasteiger charge is 2.39. The van der Waals surface area contributed by atoms with E-state index in [4.69, 9.17) is 16.7 Å². The standard InChI is InChI=1S/C22H27ClN2O2S/c1-25-21-13-17-6-5-15(12-22(16-7-8-16)28(24,26)27)10-19(17)20(21)11-14-3-2-4-18(23)9-14/h2-6,9-10,16,20-22,25H,7-8,11-13H2,1H3,(H2,24,26,27). The Morgan fingerprint density at radius 1 is 1.18 bits per heavy atom. The Labute approximate surface area is 172 Å². The quantitative estimate of drug-likeness (QED) is 0.723. The van der Waals surface area contributed by atoms with E-state index in [9.17, 15) is 8.42 Å². The minimum atomic E-state index is -3.52. The molecular weight excluding hydrogens is 392 g/mol. The van der Waals surface area contributed by atoms with Crippen LogP contribution in [0.15, 0.2) is 42.5 Å². The molecule has 2 aromatic carbocycles. The highest BCUT2D eigenvalue weighted by molar-refractivity contribution is 7.89. The summed E-state index contributed by atoms with van der Waals surface area (Å²) in [6, 6.07) is 14.8. The molecule has 0 aliphatic heterocycles. The van der Waals surface area contributed by atoms with Gasteiger partial charge in [-0.2, -0.15) is 0 Å². The zero-order valence-corrected chi connectivity index (χ0v) is 17.6. The fourth-order valence-electron chi connectivity index (χ4n) is 4.62. The minimum Gasteiger partial charge on any atom is -0.316 e. The molecule has 2 aliphatic rings. The maximum absolute atomic E-state index is 12.0. The Balaban J connectivity index is 1.61. The lowest BCUT2D eigenvalue weighted by atomic mass is 9.89. The van der Waals surface area contributed by atoms with Gasteiger partial charge in [0.25, 0.3) is 0 Å². The van der Waals surface area contributed by atoms with Crippen molar-refractivity contribution in [3.8, 4) is 0 Å². The van der Waals surface area contributed by atoms with E-state index in [1.807, 2.05) is 25.2 Å². The maximum atomic E-state index is 12.0. The molecule has 2 aliphatic carbocycles. The molecule has 0 spiro atoms. The van der Waals surface area contributed by atoms with Gasteiger partial charge in [-0.1, -0.05) is 41.9 Å². The first-order valence-electron chi connectivity index (χ1n) is 9.90. The lowest BCUT2D eigenvalue weighted by Crippen LogP contribution is -2.32. The van der Waals surface area contributed by atoms with Gasteiger partial charge in [0.1, 0.15) is 0 Å². The monoisotopic (exact) mass is 418 g/mol. The molecule has 28 heavy (non-hydrogen) atoms. The fourth-order valence-corrected chi connectivity index (χ4v) is 6.07. The second kappa shape index (κ2) is 7.79. The highest BCUT2D eigenvalue weighted by atomic mass is 35.5. The Bertz CT molecular complexity index is 972. The lowest BCUT2D eigenvalue weighted by Gasteiger charge is -2.21. The first-order valence-corrected chi connectivity index (χ1v) is 11.9. The molecule has 0 amide bonds.